The Morgan fingerprint density at radius 3 is 2.49 bits per heavy atom. The summed E-state index contributed by atoms with van der Waals surface area (Å²) in [5, 5.41) is 9.20. The third-order valence-corrected chi connectivity index (χ3v) is 5.77. The zero-order chi connectivity index (χ0) is 25.8. The van der Waals surface area contributed by atoms with Crippen molar-refractivity contribution in [1.82, 2.24) is 20.4 Å². The van der Waals surface area contributed by atoms with E-state index in [-0.39, 0.29) is 30.8 Å². The molecule has 0 saturated heterocycles. The molecule has 1 aromatic carbocycles. The van der Waals surface area contributed by atoms with Crippen molar-refractivity contribution in [1.29, 1.82) is 0 Å². The van der Waals surface area contributed by atoms with E-state index in [0.29, 0.717) is 27.3 Å². The van der Waals surface area contributed by atoms with Crippen LogP contribution in [0, 0.1) is 0 Å². The van der Waals surface area contributed by atoms with E-state index in [1.165, 1.54) is 13.0 Å². The van der Waals surface area contributed by atoms with E-state index in [9.17, 15) is 22.8 Å². The molecule has 0 aliphatic rings. The summed E-state index contributed by atoms with van der Waals surface area (Å²) in [4.78, 5) is 25.3. The third-order valence-electron chi connectivity index (χ3n) is 4.71. The van der Waals surface area contributed by atoms with Crippen molar-refractivity contribution in [2.75, 3.05) is 0 Å². The first kappa shape index (κ1) is 26.2. The van der Waals surface area contributed by atoms with E-state index in [1.807, 2.05) is 13.8 Å². The van der Waals surface area contributed by atoms with Crippen molar-refractivity contribution in [3.8, 4) is 10.8 Å². The summed E-state index contributed by atoms with van der Waals surface area (Å²) in [5.74, 6) is -0.517. The summed E-state index contributed by atoms with van der Waals surface area (Å²) >= 11 is 1.10. The van der Waals surface area contributed by atoms with Gasteiger partial charge in [0.05, 0.1) is 18.7 Å². The van der Waals surface area contributed by atoms with Crippen LogP contribution >= 0.6 is 11.3 Å². The fourth-order valence-corrected chi connectivity index (χ4v) is 3.96. The molecule has 0 radical (unpaired) electrons. The lowest BCUT2D eigenvalue weighted by atomic mass is 10.2. The maximum absolute atomic E-state index is 13.4. The molecule has 2 aromatic heterocycles. The van der Waals surface area contributed by atoms with Crippen LogP contribution in [0.4, 0.5) is 13.2 Å². The minimum atomic E-state index is -4.73. The van der Waals surface area contributed by atoms with Crippen LogP contribution in [0.3, 0.4) is 0 Å². The van der Waals surface area contributed by atoms with Crippen LogP contribution in [-0.2, 0) is 24.1 Å². The summed E-state index contributed by atoms with van der Waals surface area (Å²) in [6, 6.07) is 10.3. The Labute approximate surface area is 204 Å². The largest absolute Gasteiger partial charge is 0.491 e. The highest BCUT2D eigenvalue weighted by molar-refractivity contribution is 7.14. The van der Waals surface area contributed by atoms with Crippen molar-refractivity contribution in [3.05, 3.63) is 64.3 Å². The summed E-state index contributed by atoms with van der Waals surface area (Å²) in [7, 11) is 0. The Kier molecular flexibility index (Phi) is 8.18. The van der Waals surface area contributed by atoms with Gasteiger partial charge in [-0.25, -0.2) is 4.68 Å². The maximum atomic E-state index is 13.4. The van der Waals surface area contributed by atoms with E-state index in [1.54, 1.807) is 30.3 Å². The first-order valence-corrected chi connectivity index (χ1v) is 11.6. The lowest BCUT2D eigenvalue weighted by molar-refractivity contribution is -0.141. The van der Waals surface area contributed by atoms with Gasteiger partial charge < -0.3 is 21.1 Å². The zero-order valence-corrected chi connectivity index (χ0v) is 20.2. The van der Waals surface area contributed by atoms with Gasteiger partial charge in [0.2, 0.25) is 5.91 Å². The first-order valence-electron chi connectivity index (χ1n) is 10.8. The molecule has 3 rings (SSSR count). The number of hydrogen-bond acceptors (Lipinski definition) is 6. The SMILES string of the molecule is CC(C)Oc1ccccc1CNC(=O)c1cc(C(F)(F)F)nn1-c1ccc(CNC(=O)[C@H](C)N)s1. The number of carbonyl (C=O) groups is 2. The molecule has 0 unspecified atom stereocenters. The van der Waals surface area contributed by atoms with Gasteiger partial charge in [0.15, 0.2) is 5.69 Å². The molecular formula is C23H26F3N5O3S. The second-order valence-electron chi connectivity index (χ2n) is 8.03. The maximum Gasteiger partial charge on any atom is 0.435 e. The average Bonchev–Trinajstić information content (AvgIpc) is 3.43. The average molecular weight is 510 g/mol. The number of thiophene rings is 1. The lowest BCUT2D eigenvalue weighted by Gasteiger charge is -2.14. The van der Waals surface area contributed by atoms with Crippen molar-refractivity contribution in [3.63, 3.8) is 0 Å². The topological polar surface area (TPSA) is 111 Å². The molecule has 0 aliphatic carbocycles. The van der Waals surface area contributed by atoms with Gasteiger partial charge in [-0.15, -0.1) is 11.3 Å². The predicted molar refractivity (Wildman–Crippen MR) is 125 cm³/mol. The Bertz CT molecular complexity index is 1190. The number of halogens is 3. The predicted octanol–water partition coefficient (Wildman–Crippen LogP) is 3.63. The quantitative estimate of drug-likeness (QED) is 0.408. The number of aromatic nitrogens is 2. The van der Waals surface area contributed by atoms with Crippen LogP contribution in [0.2, 0.25) is 0 Å². The standard InChI is InChI=1S/C23H26F3N5O3S/c1-13(2)34-18-7-5-4-6-15(18)11-28-22(33)17-10-19(23(24,25)26)30-31(17)20-9-8-16(35-20)12-29-21(32)14(3)27/h4-10,13-14H,11-12,27H2,1-3H3,(H,28,33)(H,29,32)/t14-/m0/s1. The summed E-state index contributed by atoms with van der Waals surface area (Å²) in [6.45, 7) is 5.46. The first-order chi connectivity index (χ1) is 16.5. The van der Waals surface area contributed by atoms with Crippen LogP contribution in [-0.4, -0.2) is 33.7 Å². The number of alkyl halides is 3. The van der Waals surface area contributed by atoms with Gasteiger partial charge in [0.25, 0.3) is 5.91 Å². The Hall–Kier alpha value is -3.38. The minimum Gasteiger partial charge on any atom is -0.491 e. The Morgan fingerprint density at radius 2 is 1.83 bits per heavy atom. The van der Waals surface area contributed by atoms with Gasteiger partial charge >= 0.3 is 6.18 Å². The van der Waals surface area contributed by atoms with Gasteiger partial charge in [-0.1, -0.05) is 18.2 Å². The number of benzene rings is 1. The van der Waals surface area contributed by atoms with Crippen molar-refractivity contribution in [2.24, 2.45) is 5.73 Å². The molecule has 188 valence electrons. The molecule has 0 fully saturated rings. The van der Waals surface area contributed by atoms with Crippen molar-refractivity contribution >= 4 is 23.2 Å². The van der Waals surface area contributed by atoms with Gasteiger partial charge in [-0.3, -0.25) is 9.59 Å². The lowest BCUT2D eigenvalue weighted by Crippen LogP contribution is -2.37. The summed E-state index contributed by atoms with van der Waals surface area (Å²) in [6.07, 6.45) is -4.82. The number of carbonyl (C=O) groups excluding carboxylic acids is 2. The smallest absolute Gasteiger partial charge is 0.435 e. The molecule has 8 nitrogen and oxygen atoms in total. The number of rotatable bonds is 9. The number of nitrogens with zero attached hydrogens (tertiary/aromatic N) is 2. The van der Waals surface area contributed by atoms with E-state index in [4.69, 9.17) is 10.5 Å². The Balaban J connectivity index is 1.83. The molecule has 1 atom stereocenters. The van der Waals surface area contributed by atoms with Crippen LogP contribution in [0.15, 0.2) is 42.5 Å². The van der Waals surface area contributed by atoms with Crippen LogP contribution < -0.4 is 21.1 Å². The van der Waals surface area contributed by atoms with Crippen molar-refractivity contribution in [2.45, 2.75) is 52.2 Å². The number of para-hydroxylation sites is 1. The van der Waals surface area contributed by atoms with Crippen LogP contribution in [0.1, 0.15) is 47.4 Å². The highest BCUT2D eigenvalue weighted by Gasteiger charge is 2.36. The molecule has 0 saturated carbocycles. The number of ether oxygens (including phenoxy) is 1. The van der Waals surface area contributed by atoms with Gasteiger partial charge in [0, 0.05) is 23.1 Å². The molecule has 0 bridgehead atoms. The monoisotopic (exact) mass is 509 g/mol. The van der Waals surface area contributed by atoms with Crippen LogP contribution in [0.5, 0.6) is 5.75 Å². The molecule has 0 aliphatic heterocycles. The summed E-state index contributed by atoms with van der Waals surface area (Å²) in [5.41, 5.74) is 4.74. The van der Waals surface area contributed by atoms with E-state index in [2.05, 4.69) is 15.7 Å². The van der Waals surface area contributed by atoms with E-state index >= 15 is 0 Å². The minimum absolute atomic E-state index is 0.0489. The number of nitrogens with two attached hydrogens (primary N) is 1. The molecular weight excluding hydrogens is 483 g/mol. The zero-order valence-electron chi connectivity index (χ0n) is 19.3. The third kappa shape index (κ3) is 6.83. The van der Waals surface area contributed by atoms with Gasteiger partial charge in [0.1, 0.15) is 16.4 Å². The highest BCUT2D eigenvalue weighted by Crippen LogP contribution is 2.31. The van der Waals surface area contributed by atoms with Gasteiger partial charge in [-0.05, 0) is 39.0 Å². The molecule has 2 heterocycles. The number of hydrogen-bond donors (Lipinski definition) is 3. The van der Waals surface area contributed by atoms with Crippen molar-refractivity contribution < 1.29 is 27.5 Å². The summed E-state index contributed by atoms with van der Waals surface area (Å²) < 4.78 is 46.9. The second-order valence-corrected chi connectivity index (χ2v) is 9.17. The number of amides is 2. The fourth-order valence-electron chi connectivity index (χ4n) is 3.04. The Morgan fingerprint density at radius 1 is 1.11 bits per heavy atom. The molecule has 35 heavy (non-hydrogen) atoms. The van der Waals surface area contributed by atoms with Gasteiger partial charge in [-0.2, -0.15) is 18.3 Å². The molecule has 0 spiro atoms. The molecule has 12 heteroatoms. The van der Waals surface area contributed by atoms with E-state index < -0.39 is 23.8 Å². The molecule has 4 N–H and O–H groups in total. The second kappa shape index (κ2) is 10.9. The number of nitrogens with one attached hydrogen (secondary N) is 2. The van der Waals surface area contributed by atoms with Crippen LogP contribution in [0.25, 0.3) is 5.00 Å². The molecule has 2 amide bonds. The fraction of sp³-hybridized carbons (Fsp3) is 0.348. The van der Waals surface area contributed by atoms with E-state index in [0.717, 1.165) is 16.0 Å². The molecule has 3 aromatic rings. The normalized spacial score (nSPS) is 12.5. The highest BCUT2D eigenvalue weighted by atomic mass is 32.1.